The fourth-order valence-corrected chi connectivity index (χ4v) is 3.64. The zero-order chi connectivity index (χ0) is 21.7. The number of anilines is 1. The Morgan fingerprint density at radius 2 is 1.93 bits per heavy atom. The summed E-state index contributed by atoms with van der Waals surface area (Å²) in [6.07, 6.45) is -4.38. The predicted octanol–water partition coefficient (Wildman–Crippen LogP) is 4.77. The zero-order valence-electron chi connectivity index (χ0n) is 16.2. The van der Waals surface area contributed by atoms with Gasteiger partial charge >= 0.3 is 6.18 Å². The van der Waals surface area contributed by atoms with E-state index in [0.717, 1.165) is 11.3 Å². The molecule has 10 heteroatoms. The number of carbonyl (C=O) groups is 1. The monoisotopic (exact) mass is 436 g/mol. The molecule has 0 saturated heterocycles. The van der Waals surface area contributed by atoms with Crippen molar-refractivity contribution in [1.29, 1.82) is 0 Å². The van der Waals surface area contributed by atoms with Crippen LogP contribution in [0.25, 0.3) is 5.69 Å². The van der Waals surface area contributed by atoms with Gasteiger partial charge < -0.3 is 10.1 Å². The Labute approximate surface area is 175 Å². The molecule has 30 heavy (non-hydrogen) atoms. The molecule has 158 valence electrons. The zero-order valence-corrected chi connectivity index (χ0v) is 17.0. The van der Waals surface area contributed by atoms with Crippen molar-refractivity contribution in [3.05, 3.63) is 59.9 Å². The van der Waals surface area contributed by atoms with Gasteiger partial charge in [-0.05, 0) is 42.8 Å². The van der Waals surface area contributed by atoms with Crippen LogP contribution in [0.1, 0.15) is 18.3 Å². The lowest BCUT2D eigenvalue weighted by molar-refractivity contribution is -0.153. The Balaban J connectivity index is 1.75. The number of aromatic nitrogens is 3. The van der Waals surface area contributed by atoms with E-state index in [4.69, 9.17) is 4.74 Å². The number of nitrogens with zero attached hydrogens (tertiary/aromatic N) is 3. The first-order valence-corrected chi connectivity index (χ1v) is 9.91. The molecular weight excluding hydrogens is 417 g/mol. The fourth-order valence-electron chi connectivity index (χ4n) is 2.70. The number of halogens is 3. The molecule has 0 bridgehead atoms. The van der Waals surface area contributed by atoms with Crippen LogP contribution in [0.3, 0.4) is 0 Å². The van der Waals surface area contributed by atoms with Crippen LogP contribution in [0.2, 0.25) is 0 Å². The van der Waals surface area contributed by atoms with Gasteiger partial charge in [0.05, 0.1) is 5.69 Å². The summed E-state index contributed by atoms with van der Waals surface area (Å²) < 4.78 is 43.7. The highest BCUT2D eigenvalue weighted by atomic mass is 32.2. The number of nitrogens with one attached hydrogen (secondary N) is 1. The summed E-state index contributed by atoms with van der Waals surface area (Å²) in [6, 6.07) is 13.8. The molecular formula is C20H19F3N4O2S. The Bertz CT molecular complexity index is 1040. The van der Waals surface area contributed by atoms with Crippen LogP contribution in [0.5, 0.6) is 5.75 Å². The van der Waals surface area contributed by atoms with Crippen LogP contribution in [0.4, 0.5) is 18.9 Å². The van der Waals surface area contributed by atoms with Crippen LogP contribution in [0, 0.1) is 6.92 Å². The molecule has 3 aromatic rings. The molecule has 1 N–H and O–H groups in total. The second kappa shape index (κ2) is 9.21. The molecule has 0 aliphatic carbocycles. The van der Waals surface area contributed by atoms with E-state index in [1.54, 1.807) is 24.3 Å². The van der Waals surface area contributed by atoms with E-state index >= 15 is 0 Å². The highest BCUT2D eigenvalue weighted by molar-refractivity contribution is 7.98. The Morgan fingerprint density at radius 3 is 2.67 bits per heavy atom. The van der Waals surface area contributed by atoms with Gasteiger partial charge in [-0.2, -0.15) is 13.2 Å². The molecule has 2 aromatic carbocycles. The number of carbonyl (C=O) groups excluding carboxylic acids is 1. The third-order valence-electron chi connectivity index (χ3n) is 3.89. The van der Waals surface area contributed by atoms with E-state index in [1.165, 1.54) is 24.8 Å². The third kappa shape index (κ3) is 5.99. The van der Waals surface area contributed by atoms with Gasteiger partial charge in [0.25, 0.3) is 0 Å². The van der Waals surface area contributed by atoms with Gasteiger partial charge in [0.15, 0.2) is 11.8 Å². The molecule has 0 radical (unpaired) electrons. The number of amides is 1. The van der Waals surface area contributed by atoms with Gasteiger partial charge in [-0.3, -0.25) is 9.36 Å². The van der Waals surface area contributed by atoms with Crippen LogP contribution in [0.15, 0.2) is 53.7 Å². The molecule has 1 heterocycles. The number of hydrogen-bond donors (Lipinski definition) is 1. The quantitative estimate of drug-likeness (QED) is 0.541. The maximum atomic E-state index is 12.3. The molecule has 3 rings (SSSR count). The average molecular weight is 436 g/mol. The fraction of sp³-hybridized carbons (Fsp3) is 0.250. The summed E-state index contributed by atoms with van der Waals surface area (Å²) in [5, 5.41) is 11.7. The number of ether oxygens (including phenoxy) is 1. The second-order valence-corrected chi connectivity index (χ2v) is 7.38. The van der Waals surface area contributed by atoms with E-state index in [0.29, 0.717) is 22.4 Å². The molecule has 1 amide bonds. The van der Waals surface area contributed by atoms with Gasteiger partial charge in [0, 0.05) is 18.4 Å². The van der Waals surface area contributed by atoms with Gasteiger partial charge in [-0.25, -0.2) is 0 Å². The SMILES string of the molecule is CC(=O)Nc1cccc(-n2c(C)nnc2SCc2cccc(OCC(F)(F)F)c2)c1. The van der Waals surface area contributed by atoms with Crippen LogP contribution >= 0.6 is 11.8 Å². The first kappa shape index (κ1) is 21.7. The first-order valence-electron chi connectivity index (χ1n) is 8.92. The largest absolute Gasteiger partial charge is 0.484 e. The average Bonchev–Trinajstić information content (AvgIpc) is 3.05. The third-order valence-corrected chi connectivity index (χ3v) is 4.89. The van der Waals surface area contributed by atoms with Crippen molar-refractivity contribution >= 4 is 23.4 Å². The second-order valence-electron chi connectivity index (χ2n) is 6.44. The Hall–Kier alpha value is -3.01. The number of alkyl halides is 3. The minimum absolute atomic E-state index is 0.158. The summed E-state index contributed by atoms with van der Waals surface area (Å²) in [4.78, 5) is 11.3. The van der Waals surface area contributed by atoms with Crippen LogP contribution in [-0.4, -0.2) is 33.5 Å². The van der Waals surface area contributed by atoms with Crippen molar-refractivity contribution in [2.24, 2.45) is 0 Å². The highest BCUT2D eigenvalue weighted by Crippen LogP contribution is 2.28. The normalized spacial score (nSPS) is 11.4. The minimum atomic E-state index is -4.38. The Kier molecular flexibility index (Phi) is 6.66. The molecule has 0 aliphatic heterocycles. The van der Waals surface area contributed by atoms with E-state index in [9.17, 15) is 18.0 Å². The highest BCUT2D eigenvalue weighted by Gasteiger charge is 2.28. The number of rotatable bonds is 7. The van der Waals surface area contributed by atoms with E-state index in [-0.39, 0.29) is 11.7 Å². The summed E-state index contributed by atoms with van der Waals surface area (Å²) >= 11 is 1.39. The van der Waals surface area contributed by atoms with Gasteiger partial charge in [0.2, 0.25) is 5.91 Å². The van der Waals surface area contributed by atoms with Crippen LogP contribution < -0.4 is 10.1 Å². The van der Waals surface area contributed by atoms with Crippen molar-refractivity contribution in [2.75, 3.05) is 11.9 Å². The van der Waals surface area contributed by atoms with Crippen molar-refractivity contribution in [3.8, 4) is 11.4 Å². The van der Waals surface area contributed by atoms with Crippen molar-refractivity contribution in [2.45, 2.75) is 30.9 Å². The van der Waals surface area contributed by atoms with E-state index < -0.39 is 12.8 Å². The van der Waals surface area contributed by atoms with E-state index in [2.05, 4.69) is 15.5 Å². The number of benzene rings is 2. The standard InChI is InChI=1S/C20H19F3N4O2S/c1-13-25-26-19(27(13)17-7-4-6-16(10-17)24-14(2)28)30-11-15-5-3-8-18(9-15)29-12-20(21,22)23/h3-10H,11-12H2,1-2H3,(H,24,28). The molecule has 0 atom stereocenters. The lowest BCUT2D eigenvalue weighted by Gasteiger charge is -2.11. The maximum absolute atomic E-state index is 12.3. The smallest absolute Gasteiger partial charge is 0.422 e. The molecule has 0 aliphatic rings. The van der Waals surface area contributed by atoms with Gasteiger partial charge in [-0.15, -0.1) is 10.2 Å². The maximum Gasteiger partial charge on any atom is 0.422 e. The van der Waals surface area contributed by atoms with E-state index in [1.807, 2.05) is 29.7 Å². The minimum Gasteiger partial charge on any atom is -0.484 e. The van der Waals surface area contributed by atoms with Crippen molar-refractivity contribution in [1.82, 2.24) is 14.8 Å². The summed E-state index contributed by atoms with van der Waals surface area (Å²) in [5.74, 6) is 1.12. The van der Waals surface area contributed by atoms with Crippen molar-refractivity contribution < 1.29 is 22.7 Å². The molecule has 0 saturated carbocycles. The topological polar surface area (TPSA) is 69.0 Å². The first-order chi connectivity index (χ1) is 14.2. The molecule has 0 unspecified atom stereocenters. The lowest BCUT2D eigenvalue weighted by atomic mass is 10.2. The summed E-state index contributed by atoms with van der Waals surface area (Å²) in [5.41, 5.74) is 2.23. The van der Waals surface area contributed by atoms with Crippen molar-refractivity contribution in [3.63, 3.8) is 0 Å². The number of thioether (sulfide) groups is 1. The van der Waals surface area contributed by atoms with Gasteiger partial charge in [0.1, 0.15) is 11.6 Å². The van der Waals surface area contributed by atoms with Crippen LogP contribution in [-0.2, 0) is 10.5 Å². The molecule has 0 fully saturated rings. The lowest BCUT2D eigenvalue weighted by Crippen LogP contribution is -2.19. The summed E-state index contributed by atoms with van der Waals surface area (Å²) in [6.45, 7) is 1.92. The Morgan fingerprint density at radius 1 is 1.17 bits per heavy atom. The molecule has 6 nitrogen and oxygen atoms in total. The summed E-state index contributed by atoms with van der Waals surface area (Å²) in [7, 11) is 0. The number of hydrogen-bond acceptors (Lipinski definition) is 5. The van der Waals surface area contributed by atoms with Gasteiger partial charge in [-0.1, -0.05) is 30.0 Å². The number of aryl methyl sites for hydroxylation is 1. The predicted molar refractivity (Wildman–Crippen MR) is 108 cm³/mol. The molecule has 0 spiro atoms. The molecule has 1 aromatic heterocycles.